The van der Waals surface area contributed by atoms with E-state index in [4.69, 9.17) is 4.42 Å². The summed E-state index contributed by atoms with van der Waals surface area (Å²) < 4.78 is 5.81. The minimum Gasteiger partial charge on any atom is -0.460 e. The topological polar surface area (TPSA) is 73.6 Å². The van der Waals surface area contributed by atoms with Gasteiger partial charge in [0.05, 0.1) is 5.69 Å². The zero-order valence-electron chi connectivity index (χ0n) is 14.9. The first-order valence-corrected chi connectivity index (χ1v) is 9.65. The van der Waals surface area contributed by atoms with Crippen molar-refractivity contribution in [3.05, 3.63) is 24.2 Å². The van der Waals surface area contributed by atoms with Gasteiger partial charge in [-0.3, -0.25) is 4.79 Å². The van der Waals surface area contributed by atoms with E-state index in [2.05, 4.69) is 25.4 Å². The van der Waals surface area contributed by atoms with Crippen LogP contribution in [-0.4, -0.2) is 67.6 Å². The van der Waals surface area contributed by atoms with Crippen LogP contribution in [0.1, 0.15) is 23.3 Å². The number of pyridine rings is 1. The Kier molecular flexibility index (Phi) is 4.05. The summed E-state index contributed by atoms with van der Waals surface area (Å²) in [5.74, 6) is 0.478. The van der Waals surface area contributed by atoms with Crippen LogP contribution in [0.5, 0.6) is 0 Å². The largest absolute Gasteiger partial charge is 0.460 e. The summed E-state index contributed by atoms with van der Waals surface area (Å²) in [5.41, 5.74) is 2.06. The highest BCUT2D eigenvalue weighted by atomic mass is 16.3. The van der Waals surface area contributed by atoms with E-state index in [1.54, 1.807) is 12.5 Å². The van der Waals surface area contributed by atoms with Crippen molar-refractivity contribution in [2.45, 2.75) is 18.9 Å². The molecule has 4 aliphatic rings. The Bertz CT molecular complexity index is 805. The number of aromatic nitrogens is 1. The van der Waals surface area contributed by atoms with Crippen molar-refractivity contribution in [3.8, 4) is 0 Å². The highest BCUT2D eigenvalue weighted by Crippen LogP contribution is 2.31. The third-order valence-electron chi connectivity index (χ3n) is 6.11. The molecule has 2 aromatic heterocycles. The molecular formula is C19H25N5O2. The Morgan fingerprint density at radius 2 is 2.04 bits per heavy atom. The van der Waals surface area contributed by atoms with Crippen molar-refractivity contribution >= 4 is 22.6 Å². The number of hydrogen-bond donors (Lipinski definition) is 2. The molecule has 0 radical (unpaired) electrons. The second kappa shape index (κ2) is 6.55. The van der Waals surface area contributed by atoms with E-state index in [9.17, 15) is 4.79 Å². The van der Waals surface area contributed by atoms with Crippen LogP contribution in [0.15, 0.2) is 22.9 Å². The zero-order valence-corrected chi connectivity index (χ0v) is 14.9. The molecule has 4 aliphatic heterocycles. The molecule has 7 nitrogen and oxygen atoms in total. The predicted octanol–water partition coefficient (Wildman–Crippen LogP) is 1.06. The number of hydrogen-bond acceptors (Lipinski definition) is 6. The number of furan rings is 1. The first kappa shape index (κ1) is 16.1. The SMILES string of the molecule is O=C(N[C@H]1CN2CCC1CC2)c1nccc2c(N3CCNCC3)coc12. The van der Waals surface area contributed by atoms with Crippen molar-refractivity contribution < 1.29 is 9.21 Å². The van der Waals surface area contributed by atoms with E-state index in [1.807, 2.05) is 6.07 Å². The van der Waals surface area contributed by atoms with Crippen LogP contribution in [0.4, 0.5) is 5.69 Å². The summed E-state index contributed by atoms with van der Waals surface area (Å²) in [7, 11) is 0. The number of amides is 1. The Hall–Kier alpha value is -2.12. The number of piperidine rings is 3. The number of piperazine rings is 1. The van der Waals surface area contributed by atoms with Gasteiger partial charge in [-0.2, -0.15) is 0 Å². The fourth-order valence-electron chi connectivity index (χ4n) is 4.63. The van der Waals surface area contributed by atoms with Crippen LogP contribution in [-0.2, 0) is 0 Å². The molecule has 2 N–H and O–H groups in total. The van der Waals surface area contributed by atoms with E-state index in [0.29, 0.717) is 17.2 Å². The lowest BCUT2D eigenvalue weighted by molar-refractivity contribution is 0.0618. The summed E-state index contributed by atoms with van der Waals surface area (Å²) in [6.45, 7) is 7.09. The number of carbonyl (C=O) groups is 1. The maximum absolute atomic E-state index is 12.9. The van der Waals surface area contributed by atoms with Gasteiger partial charge in [0.25, 0.3) is 5.91 Å². The lowest BCUT2D eigenvalue weighted by atomic mass is 9.84. The fourth-order valence-corrected chi connectivity index (χ4v) is 4.63. The Labute approximate surface area is 152 Å². The minimum absolute atomic E-state index is 0.115. The number of anilines is 1. The van der Waals surface area contributed by atoms with Crippen molar-refractivity contribution in [2.24, 2.45) is 5.92 Å². The summed E-state index contributed by atoms with van der Waals surface area (Å²) in [4.78, 5) is 22.0. The van der Waals surface area contributed by atoms with E-state index in [1.165, 1.54) is 12.8 Å². The minimum atomic E-state index is -0.115. The molecule has 4 fully saturated rings. The van der Waals surface area contributed by atoms with Crippen molar-refractivity contribution in [2.75, 3.05) is 50.7 Å². The Morgan fingerprint density at radius 1 is 1.23 bits per heavy atom. The molecule has 6 heterocycles. The molecule has 6 rings (SSSR count). The molecule has 26 heavy (non-hydrogen) atoms. The summed E-state index contributed by atoms with van der Waals surface area (Å²) in [6.07, 6.45) is 5.84. The van der Waals surface area contributed by atoms with Crippen LogP contribution < -0.4 is 15.5 Å². The fraction of sp³-hybridized carbons (Fsp3) is 0.579. The number of nitrogens with one attached hydrogen (secondary N) is 2. The average molecular weight is 355 g/mol. The third kappa shape index (κ3) is 2.75. The van der Waals surface area contributed by atoms with Crippen LogP contribution in [0.2, 0.25) is 0 Å². The molecule has 138 valence electrons. The molecule has 2 bridgehead atoms. The molecule has 1 amide bonds. The lowest BCUT2D eigenvalue weighted by Crippen LogP contribution is -2.57. The molecular weight excluding hydrogens is 330 g/mol. The zero-order chi connectivity index (χ0) is 17.5. The van der Waals surface area contributed by atoms with Gasteiger partial charge in [-0.25, -0.2) is 4.98 Å². The van der Waals surface area contributed by atoms with Crippen LogP contribution in [0, 0.1) is 5.92 Å². The second-order valence-electron chi connectivity index (χ2n) is 7.61. The van der Waals surface area contributed by atoms with Gasteiger partial charge in [-0.15, -0.1) is 0 Å². The molecule has 1 atom stereocenters. The van der Waals surface area contributed by atoms with Gasteiger partial charge in [0.15, 0.2) is 11.3 Å². The van der Waals surface area contributed by atoms with E-state index in [-0.39, 0.29) is 11.9 Å². The lowest BCUT2D eigenvalue weighted by Gasteiger charge is -2.44. The van der Waals surface area contributed by atoms with Crippen LogP contribution in [0.25, 0.3) is 11.0 Å². The normalized spacial score (nSPS) is 28.5. The van der Waals surface area contributed by atoms with Gasteiger partial charge in [0.2, 0.25) is 0 Å². The monoisotopic (exact) mass is 355 g/mol. The maximum Gasteiger partial charge on any atom is 0.274 e. The summed E-state index contributed by atoms with van der Waals surface area (Å²) >= 11 is 0. The average Bonchev–Trinajstić information content (AvgIpc) is 3.14. The molecule has 0 saturated carbocycles. The molecule has 7 heteroatoms. The molecule has 4 saturated heterocycles. The highest BCUT2D eigenvalue weighted by molar-refractivity contribution is 6.06. The molecule has 0 spiro atoms. The van der Waals surface area contributed by atoms with Crippen LogP contribution >= 0.6 is 0 Å². The number of rotatable bonds is 3. The highest BCUT2D eigenvalue weighted by Gasteiger charge is 2.35. The van der Waals surface area contributed by atoms with Crippen molar-refractivity contribution in [3.63, 3.8) is 0 Å². The smallest absolute Gasteiger partial charge is 0.274 e. The summed E-state index contributed by atoms with van der Waals surface area (Å²) in [5, 5.41) is 7.55. The van der Waals surface area contributed by atoms with E-state index in [0.717, 1.165) is 56.9 Å². The Balaban J connectivity index is 1.40. The van der Waals surface area contributed by atoms with E-state index >= 15 is 0 Å². The summed E-state index contributed by atoms with van der Waals surface area (Å²) in [6, 6.07) is 2.17. The molecule has 0 aromatic carbocycles. The Morgan fingerprint density at radius 3 is 2.77 bits per heavy atom. The van der Waals surface area contributed by atoms with Crippen molar-refractivity contribution in [1.29, 1.82) is 0 Å². The molecule has 2 aromatic rings. The van der Waals surface area contributed by atoms with Gasteiger partial charge in [0, 0.05) is 50.3 Å². The second-order valence-corrected chi connectivity index (χ2v) is 7.61. The third-order valence-corrected chi connectivity index (χ3v) is 6.11. The van der Waals surface area contributed by atoms with Gasteiger partial charge < -0.3 is 24.9 Å². The maximum atomic E-state index is 12.9. The van der Waals surface area contributed by atoms with Crippen LogP contribution in [0.3, 0.4) is 0 Å². The number of fused-ring (bicyclic) bond motifs is 4. The van der Waals surface area contributed by atoms with Gasteiger partial charge in [0.1, 0.15) is 6.26 Å². The number of nitrogens with zero attached hydrogens (tertiary/aromatic N) is 3. The molecule has 0 unspecified atom stereocenters. The van der Waals surface area contributed by atoms with Gasteiger partial charge in [-0.1, -0.05) is 0 Å². The first-order chi connectivity index (χ1) is 12.8. The molecule has 0 aliphatic carbocycles. The first-order valence-electron chi connectivity index (χ1n) is 9.65. The van der Waals surface area contributed by atoms with Gasteiger partial charge >= 0.3 is 0 Å². The predicted molar refractivity (Wildman–Crippen MR) is 99.5 cm³/mol. The van der Waals surface area contributed by atoms with Crippen molar-refractivity contribution in [1.82, 2.24) is 20.5 Å². The van der Waals surface area contributed by atoms with E-state index < -0.39 is 0 Å². The quantitative estimate of drug-likeness (QED) is 0.858. The number of carbonyl (C=O) groups excluding carboxylic acids is 1. The van der Waals surface area contributed by atoms with Gasteiger partial charge in [-0.05, 0) is 37.9 Å². The standard InChI is InChI=1S/C19H25N5O2/c25-19(22-15-11-23-7-2-13(15)3-8-23)17-18-14(1-4-21-17)16(12-26-18)24-9-5-20-6-10-24/h1,4,12-13,15,20H,2-3,5-11H2,(H,22,25)/t15-/m0/s1.